The molecule has 2 saturated carbocycles. The summed E-state index contributed by atoms with van der Waals surface area (Å²) in [5.74, 6) is -5.35. The molecule has 2 aliphatic carbocycles. The number of alkyl carbamates (subject to hydrolysis) is 1. The monoisotopic (exact) mass is 809 g/mol. The molecule has 1 saturated heterocycles. The maximum atomic E-state index is 14.5. The van der Waals surface area contributed by atoms with E-state index in [4.69, 9.17) is 9.47 Å². The van der Waals surface area contributed by atoms with Crippen molar-refractivity contribution in [3.8, 4) is 5.88 Å². The molecule has 1 aromatic heterocycles. The molecule has 4 aliphatic rings. The number of alkyl halides is 6. The Kier molecular flexibility index (Phi) is 11.3. The summed E-state index contributed by atoms with van der Waals surface area (Å²) in [7, 11) is -4.15. The molecule has 7 unspecified atom stereocenters. The highest BCUT2D eigenvalue weighted by molar-refractivity contribution is 7.91. The van der Waals surface area contributed by atoms with Crippen LogP contribution in [-0.2, 0) is 35.3 Å². The minimum absolute atomic E-state index is 0.00558. The number of halogens is 6. The third kappa shape index (κ3) is 8.98. The number of pyridine rings is 1. The Morgan fingerprint density at radius 2 is 1.75 bits per heavy atom. The van der Waals surface area contributed by atoms with Crippen molar-refractivity contribution in [1.82, 2.24) is 25.2 Å². The van der Waals surface area contributed by atoms with E-state index < -0.39 is 117 Å². The first-order valence-electron chi connectivity index (χ1n) is 17.9. The number of amides is 4. The van der Waals surface area contributed by atoms with Gasteiger partial charge >= 0.3 is 18.4 Å². The van der Waals surface area contributed by atoms with Gasteiger partial charge in [0.25, 0.3) is 5.91 Å². The van der Waals surface area contributed by atoms with Crippen LogP contribution >= 0.6 is 0 Å². The fourth-order valence-electron chi connectivity index (χ4n) is 6.90. The molecule has 4 amide bonds. The van der Waals surface area contributed by atoms with Crippen LogP contribution in [0.25, 0.3) is 0 Å². The summed E-state index contributed by atoms with van der Waals surface area (Å²) in [6, 6.07) is -1.39. The third-order valence-corrected chi connectivity index (χ3v) is 13.1. The first kappa shape index (κ1) is 42.1. The lowest BCUT2D eigenvalue weighted by atomic mass is 9.88. The highest BCUT2D eigenvalue weighted by atomic mass is 32.2. The van der Waals surface area contributed by atoms with Crippen LogP contribution in [-0.4, -0.2) is 88.9 Å². The average Bonchev–Trinajstić information content (AvgIpc) is 3.94. The number of ether oxygens (including phenoxy) is 2. The number of allylic oxidation sites excluding steroid dienone is 1. The SMILES string of the molecule is CC1CCC=CC2CC2(C(=O)NS(=O)(=O)C2(C)CC2)NC(=O)C2CC(Oc3ncccc3C(F)(F)F)CN2C(=O)C(NC(=O)OC(C)(C)C(F)(F)F)C(C)C1. The van der Waals surface area contributed by atoms with Crippen molar-refractivity contribution in [3.05, 3.63) is 36.0 Å². The van der Waals surface area contributed by atoms with Crippen LogP contribution in [0.5, 0.6) is 5.88 Å². The zero-order valence-electron chi connectivity index (χ0n) is 30.8. The summed E-state index contributed by atoms with van der Waals surface area (Å²) in [5.41, 5.74) is -5.97. The largest absolute Gasteiger partial charge is 0.472 e. The number of hydrogen-bond donors (Lipinski definition) is 3. The summed E-state index contributed by atoms with van der Waals surface area (Å²) in [4.78, 5) is 60.1. The van der Waals surface area contributed by atoms with E-state index in [0.717, 1.165) is 23.2 Å². The third-order valence-electron chi connectivity index (χ3n) is 10.9. The molecule has 7 atom stereocenters. The molecule has 20 heteroatoms. The highest BCUT2D eigenvalue weighted by Crippen LogP contribution is 2.48. The molecule has 0 spiro atoms. The number of nitrogens with one attached hydrogen (secondary N) is 3. The second-order valence-electron chi connectivity index (χ2n) is 15.8. The smallest absolute Gasteiger partial charge is 0.427 e. The molecule has 306 valence electrons. The van der Waals surface area contributed by atoms with E-state index in [-0.39, 0.29) is 18.8 Å². The van der Waals surface area contributed by atoms with Crippen molar-refractivity contribution >= 4 is 33.8 Å². The molecule has 0 bridgehead atoms. The normalized spacial score (nSPS) is 30.1. The molecule has 55 heavy (non-hydrogen) atoms. The van der Waals surface area contributed by atoms with Crippen LogP contribution in [0.2, 0.25) is 0 Å². The van der Waals surface area contributed by atoms with Crippen molar-refractivity contribution < 1.29 is 63.4 Å². The molecular formula is C35H45F6N5O8S. The Bertz CT molecular complexity index is 1820. The molecule has 2 aliphatic heterocycles. The topological polar surface area (TPSA) is 173 Å². The number of fused-ring (bicyclic) bond motifs is 2. The van der Waals surface area contributed by atoms with E-state index in [1.807, 2.05) is 6.92 Å². The molecule has 13 nitrogen and oxygen atoms in total. The predicted molar refractivity (Wildman–Crippen MR) is 182 cm³/mol. The molecule has 0 radical (unpaired) electrons. The molecule has 5 rings (SSSR count). The Hall–Kier alpha value is -4.10. The number of rotatable bonds is 7. The fourth-order valence-corrected chi connectivity index (χ4v) is 8.21. The summed E-state index contributed by atoms with van der Waals surface area (Å²) in [6.07, 6.45) is -6.80. The lowest BCUT2D eigenvalue weighted by Crippen LogP contribution is -2.59. The quantitative estimate of drug-likeness (QED) is 0.259. The van der Waals surface area contributed by atoms with Crippen LogP contribution in [0, 0.1) is 17.8 Å². The van der Waals surface area contributed by atoms with Crippen molar-refractivity contribution in [2.45, 2.75) is 126 Å². The summed E-state index contributed by atoms with van der Waals surface area (Å²) >= 11 is 0. The second kappa shape index (κ2) is 14.8. The number of carbonyl (C=O) groups is 4. The summed E-state index contributed by atoms with van der Waals surface area (Å²) in [5, 5.41) is 4.86. The maximum Gasteiger partial charge on any atom is 0.427 e. The van der Waals surface area contributed by atoms with Crippen molar-refractivity contribution in [2.24, 2.45) is 17.8 Å². The van der Waals surface area contributed by atoms with Crippen LogP contribution in [0.1, 0.15) is 85.1 Å². The zero-order valence-corrected chi connectivity index (χ0v) is 31.7. The molecule has 3 fully saturated rings. The van der Waals surface area contributed by atoms with E-state index in [1.165, 1.54) is 6.92 Å². The Balaban J connectivity index is 1.51. The first-order chi connectivity index (χ1) is 25.3. The molecule has 3 N–H and O–H groups in total. The van der Waals surface area contributed by atoms with E-state index in [2.05, 4.69) is 20.3 Å². The van der Waals surface area contributed by atoms with Crippen molar-refractivity contribution in [1.29, 1.82) is 0 Å². The van der Waals surface area contributed by atoms with Crippen LogP contribution in [0.3, 0.4) is 0 Å². The van der Waals surface area contributed by atoms with Gasteiger partial charge in [0.15, 0.2) is 0 Å². The van der Waals surface area contributed by atoms with Gasteiger partial charge in [-0.3, -0.25) is 19.1 Å². The lowest BCUT2D eigenvalue weighted by Gasteiger charge is -2.34. The van der Waals surface area contributed by atoms with Crippen LogP contribution in [0.15, 0.2) is 30.5 Å². The van der Waals surface area contributed by atoms with Crippen LogP contribution < -0.4 is 20.1 Å². The second-order valence-corrected chi connectivity index (χ2v) is 18.0. The van der Waals surface area contributed by atoms with Gasteiger partial charge in [-0.1, -0.05) is 26.0 Å². The van der Waals surface area contributed by atoms with Gasteiger partial charge < -0.3 is 25.0 Å². The number of sulfonamides is 1. The van der Waals surface area contributed by atoms with E-state index >= 15 is 0 Å². The molecule has 3 heterocycles. The van der Waals surface area contributed by atoms with Gasteiger partial charge in [-0.2, -0.15) is 26.3 Å². The molecule has 1 aromatic rings. The standard InChI is InChI=1S/C35H45F6N5O8S/c1-19-9-6-7-10-21-17-33(21,29(49)45-55(51,52)32(5)12-13-32)44-26(47)24-16-22(53-27-23(34(36,37)38)11-8-14-42-27)18-46(24)28(48)25(20(2)15-19)43-30(50)54-31(3,4)35(39,40)41/h7-8,10-11,14,19-22,24-25H,6,9,12-13,15-18H2,1-5H3,(H,43,50)(H,44,47)(H,45,49). The Morgan fingerprint density at radius 3 is 2.36 bits per heavy atom. The van der Waals surface area contributed by atoms with Gasteiger partial charge in [-0.05, 0) is 83.3 Å². The summed E-state index contributed by atoms with van der Waals surface area (Å²) in [6.45, 7) is 5.59. The minimum Gasteiger partial charge on any atom is -0.472 e. The lowest BCUT2D eigenvalue weighted by molar-refractivity contribution is -0.244. The average molecular weight is 810 g/mol. The number of nitrogens with zero attached hydrogens (tertiary/aromatic N) is 2. The maximum absolute atomic E-state index is 14.5. The molecule has 0 aromatic carbocycles. The minimum atomic E-state index is -4.98. The Labute approximate surface area is 314 Å². The van der Waals surface area contributed by atoms with Gasteiger partial charge in [0.05, 0.1) is 11.3 Å². The molecular weight excluding hydrogens is 764 g/mol. The number of aromatic nitrogens is 1. The van der Waals surface area contributed by atoms with Crippen LogP contribution in [0.4, 0.5) is 31.1 Å². The van der Waals surface area contributed by atoms with Gasteiger partial charge in [-0.25, -0.2) is 18.2 Å². The highest BCUT2D eigenvalue weighted by Gasteiger charge is 2.63. The van der Waals surface area contributed by atoms with Gasteiger partial charge in [-0.15, -0.1) is 0 Å². The number of hydrogen-bond acceptors (Lipinski definition) is 9. The van der Waals surface area contributed by atoms with E-state index in [0.29, 0.717) is 39.5 Å². The summed E-state index contributed by atoms with van der Waals surface area (Å²) < 4.78 is 120. The predicted octanol–water partition coefficient (Wildman–Crippen LogP) is 4.77. The first-order valence-corrected chi connectivity index (χ1v) is 19.4. The van der Waals surface area contributed by atoms with Gasteiger partial charge in [0, 0.05) is 18.5 Å². The Morgan fingerprint density at radius 1 is 1.07 bits per heavy atom. The van der Waals surface area contributed by atoms with Crippen molar-refractivity contribution in [2.75, 3.05) is 6.54 Å². The van der Waals surface area contributed by atoms with Gasteiger partial charge in [0.2, 0.25) is 33.3 Å². The van der Waals surface area contributed by atoms with E-state index in [1.54, 1.807) is 19.1 Å². The van der Waals surface area contributed by atoms with E-state index in [9.17, 15) is 53.9 Å². The van der Waals surface area contributed by atoms with Gasteiger partial charge in [0.1, 0.15) is 29.3 Å². The zero-order chi connectivity index (χ0) is 40.9. The number of carbonyl (C=O) groups excluding carboxylic acids is 4. The fraction of sp³-hybridized carbons (Fsp3) is 0.686. The van der Waals surface area contributed by atoms with Crippen molar-refractivity contribution in [3.63, 3.8) is 0 Å².